The predicted molar refractivity (Wildman–Crippen MR) is 52.2 cm³/mol. The van der Waals surface area contributed by atoms with E-state index < -0.39 is 0 Å². The quantitative estimate of drug-likeness (QED) is 0.667. The first-order valence-electron chi connectivity index (χ1n) is 5.42. The molecule has 1 atom stereocenters. The Kier molecular flexibility index (Phi) is 2.16. The maximum Gasteiger partial charge on any atom is 0.00749 e. The molecule has 0 saturated heterocycles. The second-order valence-electron chi connectivity index (χ2n) is 5.40. The third kappa shape index (κ3) is 1.82. The Bertz CT molecular complexity index is 158. The molecule has 0 aromatic carbocycles. The summed E-state index contributed by atoms with van der Waals surface area (Å²) in [5, 5.41) is 3.77. The van der Waals surface area contributed by atoms with Gasteiger partial charge in [0.1, 0.15) is 0 Å². The molecule has 70 valence electrons. The second kappa shape index (κ2) is 3.02. The van der Waals surface area contributed by atoms with E-state index in [9.17, 15) is 0 Å². The minimum Gasteiger partial charge on any atom is -0.311 e. The summed E-state index contributed by atoms with van der Waals surface area (Å²) in [5.41, 5.74) is 0.613. The molecule has 1 heteroatoms. The highest BCUT2D eigenvalue weighted by molar-refractivity contribution is 4.89. The van der Waals surface area contributed by atoms with E-state index in [1.807, 2.05) is 0 Å². The Morgan fingerprint density at radius 3 is 2.25 bits per heavy atom. The van der Waals surface area contributed by atoms with Crippen molar-refractivity contribution in [2.75, 3.05) is 0 Å². The molecule has 2 saturated carbocycles. The van der Waals surface area contributed by atoms with Gasteiger partial charge >= 0.3 is 0 Å². The molecule has 1 N–H and O–H groups in total. The highest BCUT2D eigenvalue weighted by Crippen LogP contribution is 2.37. The third-order valence-electron chi connectivity index (χ3n) is 3.55. The fourth-order valence-electron chi connectivity index (χ4n) is 2.49. The van der Waals surface area contributed by atoms with Crippen LogP contribution in [0.15, 0.2) is 0 Å². The minimum absolute atomic E-state index is 0.613. The first kappa shape index (κ1) is 8.55. The standard InChI is InChI=1S/C11H21N/c1-11(2)7-6-10(8-11)12-9-4-3-5-9/h9-10,12H,3-8H2,1-2H3/t10-/m0/s1. The SMILES string of the molecule is CC1(C)CC[C@H](NC2CCC2)C1. The van der Waals surface area contributed by atoms with Crippen LogP contribution < -0.4 is 5.32 Å². The second-order valence-corrected chi connectivity index (χ2v) is 5.40. The van der Waals surface area contributed by atoms with Gasteiger partial charge in [0.25, 0.3) is 0 Å². The first-order valence-corrected chi connectivity index (χ1v) is 5.42. The molecule has 0 amide bonds. The van der Waals surface area contributed by atoms with Crippen molar-refractivity contribution in [3.05, 3.63) is 0 Å². The average Bonchev–Trinajstić information content (AvgIpc) is 2.21. The van der Waals surface area contributed by atoms with Crippen LogP contribution in [0.3, 0.4) is 0 Å². The summed E-state index contributed by atoms with van der Waals surface area (Å²) in [6.07, 6.45) is 8.52. The van der Waals surface area contributed by atoms with Crippen LogP contribution in [0.2, 0.25) is 0 Å². The summed E-state index contributed by atoms with van der Waals surface area (Å²) in [6, 6.07) is 1.72. The number of hydrogen-bond donors (Lipinski definition) is 1. The normalized spacial score (nSPS) is 35.0. The molecular formula is C11H21N. The zero-order valence-electron chi connectivity index (χ0n) is 8.40. The molecule has 0 heterocycles. The largest absolute Gasteiger partial charge is 0.311 e. The lowest BCUT2D eigenvalue weighted by molar-refractivity contribution is 0.289. The van der Waals surface area contributed by atoms with Crippen molar-refractivity contribution in [1.82, 2.24) is 5.32 Å². The van der Waals surface area contributed by atoms with Gasteiger partial charge in [-0.25, -0.2) is 0 Å². The topological polar surface area (TPSA) is 12.0 Å². The van der Waals surface area contributed by atoms with Crippen molar-refractivity contribution in [2.45, 2.75) is 64.5 Å². The molecular weight excluding hydrogens is 146 g/mol. The summed E-state index contributed by atoms with van der Waals surface area (Å²) in [6.45, 7) is 4.80. The molecule has 0 radical (unpaired) electrons. The lowest BCUT2D eigenvalue weighted by Gasteiger charge is -2.30. The molecule has 0 unspecified atom stereocenters. The fourth-order valence-corrected chi connectivity index (χ4v) is 2.49. The molecule has 0 aromatic rings. The molecule has 12 heavy (non-hydrogen) atoms. The van der Waals surface area contributed by atoms with E-state index in [4.69, 9.17) is 0 Å². The number of hydrogen-bond acceptors (Lipinski definition) is 1. The maximum atomic E-state index is 3.77. The third-order valence-corrected chi connectivity index (χ3v) is 3.55. The van der Waals surface area contributed by atoms with Gasteiger partial charge in [-0.1, -0.05) is 20.3 Å². The fraction of sp³-hybridized carbons (Fsp3) is 1.00. The Labute approximate surface area is 75.9 Å². The zero-order chi connectivity index (χ0) is 8.60. The average molecular weight is 167 g/mol. The van der Waals surface area contributed by atoms with Gasteiger partial charge in [0.05, 0.1) is 0 Å². The zero-order valence-corrected chi connectivity index (χ0v) is 8.40. The lowest BCUT2D eigenvalue weighted by atomic mass is 9.90. The summed E-state index contributed by atoms with van der Waals surface area (Å²) in [4.78, 5) is 0. The Morgan fingerprint density at radius 2 is 1.83 bits per heavy atom. The van der Waals surface area contributed by atoms with E-state index in [0.29, 0.717) is 5.41 Å². The highest BCUT2D eigenvalue weighted by Gasteiger charge is 2.32. The van der Waals surface area contributed by atoms with E-state index in [0.717, 1.165) is 12.1 Å². The molecule has 0 spiro atoms. The Morgan fingerprint density at radius 1 is 1.08 bits per heavy atom. The van der Waals surface area contributed by atoms with Crippen LogP contribution in [-0.4, -0.2) is 12.1 Å². The molecule has 2 fully saturated rings. The van der Waals surface area contributed by atoms with Crippen LogP contribution in [-0.2, 0) is 0 Å². The molecule has 0 aliphatic heterocycles. The summed E-state index contributed by atoms with van der Waals surface area (Å²) < 4.78 is 0. The molecule has 1 nitrogen and oxygen atoms in total. The van der Waals surface area contributed by atoms with Crippen LogP contribution in [0.1, 0.15) is 52.4 Å². The van der Waals surface area contributed by atoms with Crippen LogP contribution in [0.25, 0.3) is 0 Å². The van der Waals surface area contributed by atoms with E-state index in [2.05, 4.69) is 19.2 Å². The van der Waals surface area contributed by atoms with Gasteiger partial charge in [-0.15, -0.1) is 0 Å². The van der Waals surface area contributed by atoms with Crippen molar-refractivity contribution >= 4 is 0 Å². The van der Waals surface area contributed by atoms with E-state index in [1.165, 1.54) is 38.5 Å². The highest BCUT2D eigenvalue weighted by atomic mass is 15.0. The smallest absolute Gasteiger partial charge is 0.00749 e. The van der Waals surface area contributed by atoms with Crippen molar-refractivity contribution in [2.24, 2.45) is 5.41 Å². The van der Waals surface area contributed by atoms with Crippen molar-refractivity contribution in [3.8, 4) is 0 Å². The molecule has 2 aliphatic rings. The predicted octanol–water partition coefficient (Wildman–Crippen LogP) is 2.71. The first-order chi connectivity index (χ1) is 5.66. The lowest BCUT2D eigenvalue weighted by Crippen LogP contribution is -2.41. The van der Waals surface area contributed by atoms with Gasteiger partial charge in [0.15, 0.2) is 0 Å². The van der Waals surface area contributed by atoms with E-state index >= 15 is 0 Å². The summed E-state index contributed by atoms with van der Waals surface area (Å²) in [5.74, 6) is 0. The van der Waals surface area contributed by atoms with Crippen LogP contribution in [0, 0.1) is 5.41 Å². The van der Waals surface area contributed by atoms with Gasteiger partial charge in [0, 0.05) is 12.1 Å². The van der Waals surface area contributed by atoms with Crippen LogP contribution >= 0.6 is 0 Å². The summed E-state index contributed by atoms with van der Waals surface area (Å²) >= 11 is 0. The van der Waals surface area contributed by atoms with Crippen molar-refractivity contribution in [1.29, 1.82) is 0 Å². The summed E-state index contributed by atoms with van der Waals surface area (Å²) in [7, 11) is 0. The van der Waals surface area contributed by atoms with Gasteiger partial charge in [-0.2, -0.15) is 0 Å². The van der Waals surface area contributed by atoms with Gasteiger partial charge in [-0.3, -0.25) is 0 Å². The Balaban J connectivity index is 1.75. The monoisotopic (exact) mass is 167 g/mol. The number of nitrogens with one attached hydrogen (secondary N) is 1. The van der Waals surface area contributed by atoms with Crippen molar-refractivity contribution in [3.63, 3.8) is 0 Å². The Hall–Kier alpha value is -0.0400. The number of rotatable bonds is 2. The molecule has 0 aromatic heterocycles. The molecule has 0 bridgehead atoms. The van der Waals surface area contributed by atoms with E-state index in [-0.39, 0.29) is 0 Å². The van der Waals surface area contributed by atoms with Gasteiger partial charge in [-0.05, 0) is 37.5 Å². The van der Waals surface area contributed by atoms with E-state index in [1.54, 1.807) is 0 Å². The van der Waals surface area contributed by atoms with Crippen molar-refractivity contribution < 1.29 is 0 Å². The van der Waals surface area contributed by atoms with Crippen LogP contribution in [0.5, 0.6) is 0 Å². The molecule has 2 rings (SSSR count). The van der Waals surface area contributed by atoms with Gasteiger partial charge in [0.2, 0.25) is 0 Å². The minimum atomic E-state index is 0.613. The van der Waals surface area contributed by atoms with Gasteiger partial charge < -0.3 is 5.32 Å². The molecule has 2 aliphatic carbocycles. The maximum absolute atomic E-state index is 3.77. The van der Waals surface area contributed by atoms with Crippen LogP contribution in [0.4, 0.5) is 0 Å².